The summed E-state index contributed by atoms with van der Waals surface area (Å²) in [5.41, 5.74) is 1.08. The molecular weight excluding hydrogens is 240 g/mol. The van der Waals surface area contributed by atoms with E-state index in [0.29, 0.717) is 0 Å². The van der Waals surface area contributed by atoms with E-state index in [4.69, 9.17) is 4.74 Å². The average Bonchev–Trinajstić information content (AvgIpc) is 2.35. The Bertz CT molecular complexity index is 350. The first-order valence-corrected chi connectivity index (χ1v) is 6.78. The standard InChI is InChI=1S/C15H26N2O2/c1-12(2)19-14-7-5-13(6-8-14)15(11-18)16-9-10-17(3)4/h5-8,12,15-16,18H,9-11H2,1-4H3. The molecule has 2 N–H and O–H groups in total. The Hall–Kier alpha value is -1.10. The number of nitrogens with one attached hydrogen (secondary N) is 1. The van der Waals surface area contributed by atoms with E-state index in [1.54, 1.807) is 0 Å². The molecule has 1 rings (SSSR count). The molecule has 1 aromatic rings. The molecule has 1 aromatic carbocycles. The fraction of sp³-hybridized carbons (Fsp3) is 0.600. The largest absolute Gasteiger partial charge is 0.491 e. The van der Waals surface area contributed by atoms with E-state index in [2.05, 4.69) is 10.2 Å². The Morgan fingerprint density at radius 2 is 1.84 bits per heavy atom. The Morgan fingerprint density at radius 1 is 1.21 bits per heavy atom. The molecule has 0 aliphatic heterocycles. The lowest BCUT2D eigenvalue weighted by molar-refractivity contribution is 0.237. The zero-order chi connectivity index (χ0) is 14.3. The predicted molar refractivity (Wildman–Crippen MR) is 78.6 cm³/mol. The number of aliphatic hydroxyl groups excluding tert-OH is 1. The molecule has 0 saturated heterocycles. The third-order valence-electron chi connectivity index (χ3n) is 2.79. The molecule has 4 nitrogen and oxygen atoms in total. The van der Waals surface area contributed by atoms with Gasteiger partial charge in [0.2, 0.25) is 0 Å². The fourth-order valence-corrected chi connectivity index (χ4v) is 1.80. The van der Waals surface area contributed by atoms with Crippen LogP contribution < -0.4 is 10.1 Å². The summed E-state index contributed by atoms with van der Waals surface area (Å²) in [6, 6.07) is 7.88. The van der Waals surface area contributed by atoms with Crippen LogP contribution in [0.2, 0.25) is 0 Å². The normalized spacial score (nSPS) is 13.0. The molecule has 1 unspecified atom stereocenters. The highest BCUT2D eigenvalue weighted by Gasteiger charge is 2.09. The molecule has 1 atom stereocenters. The number of likely N-dealkylation sites (N-methyl/N-ethyl adjacent to an activating group) is 1. The minimum atomic E-state index is -0.0203. The van der Waals surface area contributed by atoms with Crippen LogP contribution in [0.3, 0.4) is 0 Å². The molecule has 4 heteroatoms. The van der Waals surface area contributed by atoms with Crippen LogP contribution in [0, 0.1) is 0 Å². The van der Waals surface area contributed by atoms with Crippen molar-refractivity contribution in [3.8, 4) is 5.75 Å². The maximum Gasteiger partial charge on any atom is 0.119 e. The Labute approximate surface area is 116 Å². The van der Waals surface area contributed by atoms with Crippen LogP contribution in [-0.2, 0) is 0 Å². The van der Waals surface area contributed by atoms with Crippen molar-refractivity contribution in [2.75, 3.05) is 33.8 Å². The van der Waals surface area contributed by atoms with Gasteiger partial charge in [-0.3, -0.25) is 0 Å². The molecule has 0 amide bonds. The van der Waals surface area contributed by atoms with Crippen LogP contribution in [0.4, 0.5) is 0 Å². The molecule has 0 bridgehead atoms. The van der Waals surface area contributed by atoms with Crippen molar-refractivity contribution in [2.45, 2.75) is 26.0 Å². The molecular formula is C15H26N2O2. The number of rotatable bonds is 8. The van der Waals surface area contributed by atoms with Gasteiger partial charge in [-0.25, -0.2) is 0 Å². The Kier molecular flexibility index (Phi) is 6.84. The summed E-state index contributed by atoms with van der Waals surface area (Å²) in [5, 5.41) is 12.8. The van der Waals surface area contributed by atoms with Crippen LogP contribution in [-0.4, -0.2) is 49.9 Å². The number of aliphatic hydroxyl groups is 1. The van der Waals surface area contributed by atoms with Gasteiger partial charge in [-0.15, -0.1) is 0 Å². The number of nitrogens with zero attached hydrogens (tertiary/aromatic N) is 1. The second-order valence-electron chi connectivity index (χ2n) is 5.23. The molecule has 0 aliphatic carbocycles. The number of hydrogen-bond donors (Lipinski definition) is 2. The van der Waals surface area contributed by atoms with E-state index in [1.165, 1.54) is 0 Å². The maximum absolute atomic E-state index is 9.45. The van der Waals surface area contributed by atoms with E-state index in [9.17, 15) is 5.11 Å². The lowest BCUT2D eigenvalue weighted by atomic mass is 10.1. The highest BCUT2D eigenvalue weighted by Crippen LogP contribution is 2.18. The molecule has 19 heavy (non-hydrogen) atoms. The molecule has 0 saturated carbocycles. The third kappa shape index (κ3) is 6.05. The lowest BCUT2D eigenvalue weighted by Crippen LogP contribution is -2.31. The van der Waals surface area contributed by atoms with Crippen molar-refractivity contribution in [3.05, 3.63) is 29.8 Å². The van der Waals surface area contributed by atoms with Crippen LogP contribution in [0.25, 0.3) is 0 Å². The number of hydrogen-bond acceptors (Lipinski definition) is 4. The Balaban J connectivity index is 2.55. The van der Waals surface area contributed by atoms with Crippen LogP contribution >= 0.6 is 0 Å². The Morgan fingerprint density at radius 3 is 2.32 bits per heavy atom. The van der Waals surface area contributed by atoms with Crippen LogP contribution in [0.1, 0.15) is 25.5 Å². The molecule has 0 aliphatic rings. The minimum Gasteiger partial charge on any atom is -0.491 e. The average molecular weight is 266 g/mol. The quantitative estimate of drug-likeness (QED) is 0.751. The topological polar surface area (TPSA) is 44.7 Å². The smallest absolute Gasteiger partial charge is 0.119 e. The van der Waals surface area contributed by atoms with Gasteiger partial charge in [-0.2, -0.15) is 0 Å². The van der Waals surface area contributed by atoms with Crippen molar-refractivity contribution in [1.29, 1.82) is 0 Å². The maximum atomic E-state index is 9.45. The summed E-state index contributed by atoms with van der Waals surface area (Å²) < 4.78 is 5.61. The third-order valence-corrected chi connectivity index (χ3v) is 2.79. The van der Waals surface area contributed by atoms with Crippen molar-refractivity contribution < 1.29 is 9.84 Å². The van der Waals surface area contributed by atoms with E-state index in [0.717, 1.165) is 24.4 Å². The van der Waals surface area contributed by atoms with E-state index in [1.807, 2.05) is 52.2 Å². The summed E-state index contributed by atoms with van der Waals surface area (Å²) in [6.07, 6.45) is 0.178. The van der Waals surface area contributed by atoms with Gasteiger partial charge in [-0.05, 0) is 45.6 Å². The van der Waals surface area contributed by atoms with Crippen molar-refractivity contribution >= 4 is 0 Å². The SMILES string of the molecule is CC(C)Oc1ccc(C(CO)NCCN(C)C)cc1. The predicted octanol–water partition coefficient (Wildman–Crippen LogP) is 1.66. The van der Waals surface area contributed by atoms with Gasteiger partial charge in [0.05, 0.1) is 18.8 Å². The van der Waals surface area contributed by atoms with Gasteiger partial charge in [0.25, 0.3) is 0 Å². The summed E-state index contributed by atoms with van der Waals surface area (Å²) in [4.78, 5) is 2.11. The number of ether oxygens (including phenoxy) is 1. The summed E-state index contributed by atoms with van der Waals surface area (Å²) in [6.45, 7) is 5.91. The van der Waals surface area contributed by atoms with Gasteiger partial charge in [0.15, 0.2) is 0 Å². The highest BCUT2D eigenvalue weighted by molar-refractivity contribution is 5.29. The molecule has 0 spiro atoms. The van der Waals surface area contributed by atoms with Crippen molar-refractivity contribution in [3.63, 3.8) is 0 Å². The monoisotopic (exact) mass is 266 g/mol. The van der Waals surface area contributed by atoms with E-state index < -0.39 is 0 Å². The molecule has 0 radical (unpaired) electrons. The second-order valence-corrected chi connectivity index (χ2v) is 5.23. The lowest BCUT2D eigenvalue weighted by Gasteiger charge is -2.19. The van der Waals surface area contributed by atoms with Crippen LogP contribution in [0.15, 0.2) is 24.3 Å². The summed E-state index contributed by atoms with van der Waals surface area (Å²) in [7, 11) is 4.07. The first-order valence-electron chi connectivity index (χ1n) is 6.78. The van der Waals surface area contributed by atoms with Gasteiger partial charge >= 0.3 is 0 Å². The van der Waals surface area contributed by atoms with Gasteiger partial charge in [-0.1, -0.05) is 12.1 Å². The zero-order valence-corrected chi connectivity index (χ0v) is 12.4. The first-order chi connectivity index (χ1) is 9.02. The summed E-state index contributed by atoms with van der Waals surface area (Å²) >= 11 is 0. The van der Waals surface area contributed by atoms with Crippen molar-refractivity contribution in [1.82, 2.24) is 10.2 Å². The zero-order valence-electron chi connectivity index (χ0n) is 12.4. The minimum absolute atomic E-state index is 0.0203. The number of benzene rings is 1. The first kappa shape index (κ1) is 16.0. The van der Waals surface area contributed by atoms with Gasteiger partial charge < -0.3 is 20.1 Å². The second kappa shape index (κ2) is 8.15. The molecule has 0 fully saturated rings. The molecule has 0 heterocycles. The molecule has 0 aromatic heterocycles. The molecule has 108 valence electrons. The van der Waals surface area contributed by atoms with Gasteiger partial charge in [0.1, 0.15) is 5.75 Å². The van der Waals surface area contributed by atoms with Gasteiger partial charge in [0, 0.05) is 13.1 Å². The van der Waals surface area contributed by atoms with Crippen molar-refractivity contribution in [2.24, 2.45) is 0 Å². The highest BCUT2D eigenvalue weighted by atomic mass is 16.5. The fourth-order valence-electron chi connectivity index (χ4n) is 1.80. The van der Waals surface area contributed by atoms with E-state index in [-0.39, 0.29) is 18.8 Å². The summed E-state index contributed by atoms with van der Waals surface area (Å²) in [5.74, 6) is 0.865. The van der Waals surface area contributed by atoms with Crippen LogP contribution in [0.5, 0.6) is 5.75 Å². The van der Waals surface area contributed by atoms with E-state index >= 15 is 0 Å².